The molecule has 0 aromatic heterocycles. The Bertz CT molecular complexity index is 295. The van der Waals surface area contributed by atoms with Crippen LogP contribution in [0.15, 0.2) is 30.3 Å². The van der Waals surface area contributed by atoms with Crippen LogP contribution in [0, 0.1) is 22.9 Å². The molecule has 0 fully saturated rings. The summed E-state index contributed by atoms with van der Waals surface area (Å²) >= 11 is 0. The Morgan fingerprint density at radius 3 is 1.92 bits per heavy atom. The number of rotatable bonds is 1. The lowest BCUT2D eigenvalue weighted by molar-refractivity contribution is 1.26. The third-order valence-corrected chi connectivity index (χ3v) is 1.21. The van der Waals surface area contributed by atoms with Crippen molar-refractivity contribution < 1.29 is 0 Å². The third-order valence-electron chi connectivity index (χ3n) is 1.21. The number of anilines is 1. The maximum atomic E-state index is 8.43. The van der Waals surface area contributed by atoms with E-state index in [9.17, 15) is 0 Å². The summed E-state index contributed by atoms with van der Waals surface area (Å²) in [4.78, 5) is 0.944. The van der Waals surface area contributed by atoms with Gasteiger partial charge in [0.2, 0.25) is 0 Å². The summed E-state index contributed by atoms with van der Waals surface area (Å²) in [5.41, 5.74) is 0.595. The molecule has 0 unspecified atom stereocenters. The van der Waals surface area contributed by atoms with Crippen LogP contribution in [0.1, 0.15) is 0 Å². The van der Waals surface area contributed by atoms with E-state index in [0.29, 0.717) is 5.69 Å². The molecule has 0 spiro atoms. The van der Waals surface area contributed by atoms with Crippen LogP contribution in [-0.2, 0) is 0 Å². The van der Waals surface area contributed by atoms with Gasteiger partial charge in [0.05, 0.1) is 5.69 Å². The third kappa shape index (κ3) is 2.16. The molecule has 0 saturated heterocycles. The quantitative estimate of drug-likeness (QED) is 0.489. The highest BCUT2D eigenvalue weighted by Crippen LogP contribution is 2.09. The van der Waals surface area contributed by atoms with Crippen LogP contribution in [0.3, 0.4) is 0 Å². The summed E-state index contributed by atoms with van der Waals surface area (Å²) in [5.74, 6) is 0. The highest BCUT2D eigenvalue weighted by Gasteiger charge is 1.99. The van der Waals surface area contributed by atoms with Gasteiger partial charge >= 0.3 is 0 Å². The normalized spacial score (nSPS) is 7.17. The van der Waals surface area contributed by atoms with Crippen molar-refractivity contribution in [1.82, 2.24) is 0 Å². The van der Waals surface area contributed by atoms with Gasteiger partial charge < -0.3 is 0 Å². The Labute approximate surface area is 76.9 Å². The summed E-state index contributed by atoms with van der Waals surface area (Å²) < 4.78 is 0. The zero-order chi connectivity index (χ0) is 8.10. The van der Waals surface area contributed by atoms with Crippen LogP contribution >= 0.6 is 12.4 Å². The molecule has 60 valence electrons. The van der Waals surface area contributed by atoms with E-state index in [1.165, 1.54) is 0 Å². The van der Waals surface area contributed by atoms with Gasteiger partial charge in [-0.1, -0.05) is 18.2 Å². The maximum Gasteiger partial charge on any atom is 0.198 e. The fourth-order valence-corrected chi connectivity index (χ4v) is 0.715. The summed E-state index contributed by atoms with van der Waals surface area (Å²) in [5, 5.41) is 16.9. The minimum absolute atomic E-state index is 0. The first-order chi connectivity index (χ1) is 5.38. The van der Waals surface area contributed by atoms with E-state index in [2.05, 4.69) is 0 Å². The maximum absolute atomic E-state index is 8.43. The number of halogens is 1. The number of nitrogens with zero attached hydrogens (tertiary/aromatic N) is 3. The van der Waals surface area contributed by atoms with Crippen molar-refractivity contribution in [2.45, 2.75) is 0 Å². The van der Waals surface area contributed by atoms with Crippen molar-refractivity contribution >= 4 is 18.1 Å². The fourth-order valence-electron chi connectivity index (χ4n) is 0.715. The van der Waals surface area contributed by atoms with Gasteiger partial charge in [0, 0.05) is 0 Å². The van der Waals surface area contributed by atoms with Crippen LogP contribution in [0.5, 0.6) is 0 Å². The molecule has 4 heteroatoms. The van der Waals surface area contributed by atoms with Gasteiger partial charge in [-0.2, -0.15) is 15.4 Å². The van der Waals surface area contributed by atoms with E-state index in [0.717, 1.165) is 4.90 Å². The molecule has 0 N–H and O–H groups in total. The molecule has 0 aliphatic carbocycles. The van der Waals surface area contributed by atoms with Gasteiger partial charge in [-0.05, 0) is 12.1 Å². The van der Waals surface area contributed by atoms with Crippen molar-refractivity contribution in [3.63, 3.8) is 0 Å². The molecule has 1 aromatic carbocycles. The van der Waals surface area contributed by atoms with Gasteiger partial charge in [-0.15, -0.1) is 12.4 Å². The van der Waals surface area contributed by atoms with E-state index in [1.807, 2.05) is 6.07 Å². The van der Waals surface area contributed by atoms with E-state index in [-0.39, 0.29) is 12.4 Å². The monoisotopic (exact) mass is 179 g/mol. The summed E-state index contributed by atoms with van der Waals surface area (Å²) in [6, 6.07) is 8.78. The lowest BCUT2D eigenvalue weighted by Crippen LogP contribution is -2.06. The van der Waals surface area contributed by atoms with E-state index in [4.69, 9.17) is 10.5 Å². The SMILES string of the molecule is Cl.N#CN(C#N)c1ccccc1. The van der Waals surface area contributed by atoms with Crippen LogP contribution in [0.4, 0.5) is 5.69 Å². The number of nitriles is 2. The average molecular weight is 180 g/mol. The second-order valence-electron chi connectivity index (χ2n) is 1.87. The number of para-hydroxylation sites is 1. The topological polar surface area (TPSA) is 50.8 Å². The van der Waals surface area contributed by atoms with Crippen LogP contribution in [0.25, 0.3) is 0 Å². The van der Waals surface area contributed by atoms with Gasteiger partial charge in [0.15, 0.2) is 12.4 Å². The molecule has 0 aliphatic heterocycles. The molecule has 0 amide bonds. The molecule has 12 heavy (non-hydrogen) atoms. The van der Waals surface area contributed by atoms with Gasteiger partial charge in [-0.25, -0.2) is 0 Å². The Kier molecular flexibility index (Phi) is 4.30. The van der Waals surface area contributed by atoms with Crippen molar-refractivity contribution in [2.24, 2.45) is 0 Å². The first-order valence-corrected chi connectivity index (χ1v) is 3.03. The molecular weight excluding hydrogens is 174 g/mol. The van der Waals surface area contributed by atoms with Gasteiger partial charge in [-0.3, -0.25) is 0 Å². The van der Waals surface area contributed by atoms with E-state index >= 15 is 0 Å². The average Bonchev–Trinajstić information content (AvgIpc) is 2.09. The minimum Gasteiger partial charge on any atom is -0.183 e. The molecule has 0 bridgehead atoms. The summed E-state index contributed by atoms with van der Waals surface area (Å²) in [6.45, 7) is 0. The van der Waals surface area contributed by atoms with E-state index < -0.39 is 0 Å². The molecule has 0 atom stereocenters. The van der Waals surface area contributed by atoms with Gasteiger partial charge in [0.25, 0.3) is 0 Å². The highest BCUT2D eigenvalue weighted by atomic mass is 35.5. The van der Waals surface area contributed by atoms with Crippen molar-refractivity contribution in [3.05, 3.63) is 30.3 Å². The molecule has 0 saturated carbocycles. The largest absolute Gasteiger partial charge is 0.198 e. The summed E-state index contributed by atoms with van der Waals surface area (Å²) in [7, 11) is 0. The molecular formula is C8H6ClN3. The number of hydrogen-bond donors (Lipinski definition) is 0. The Balaban J connectivity index is 0.00000121. The standard InChI is InChI=1S/C8H5N3.ClH/c9-6-11(7-10)8-4-2-1-3-5-8;/h1-5H;1H. The van der Waals surface area contributed by atoms with Crippen LogP contribution in [0.2, 0.25) is 0 Å². The molecule has 1 rings (SSSR count). The first kappa shape index (κ1) is 10.3. The zero-order valence-corrected chi connectivity index (χ0v) is 6.95. The van der Waals surface area contributed by atoms with E-state index in [1.54, 1.807) is 36.7 Å². The molecule has 1 aromatic rings. The smallest absolute Gasteiger partial charge is 0.183 e. The summed E-state index contributed by atoms with van der Waals surface area (Å²) in [6.07, 6.45) is 3.48. The second kappa shape index (κ2) is 5.01. The predicted octanol–water partition coefficient (Wildman–Crippen LogP) is 1.88. The Morgan fingerprint density at radius 1 is 1.00 bits per heavy atom. The number of hydrogen-bond acceptors (Lipinski definition) is 3. The van der Waals surface area contributed by atoms with Crippen LogP contribution < -0.4 is 4.90 Å². The molecule has 0 aliphatic rings. The lowest BCUT2D eigenvalue weighted by atomic mass is 10.3. The molecule has 3 nitrogen and oxygen atoms in total. The fraction of sp³-hybridized carbons (Fsp3) is 0. The van der Waals surface area contributed by atoms with Crippen molar-refractivity contribution in [1.29, 1.82) is 10.5 Å². The molecule has 0 radical (unpaired) electrons. The zero-order valence-electron chi connectivity index (χ0n) is 6.14. The first-order valence-electron chi connectivity index (χ1n) is 3.03. The minimum atomic E-state index is 0. The Hall–Kier alpha value is -1.71. The lowest BCUT2D eigenvalue weighted by Gasteiger charge is -2.02. The van der Waals surface area contributed by atoms with Gasteiger partial charge in [0.1, 0.15) is 0 Å². The predicted molar refractivity (Wildman–Crippen MR) is 47.4 cm³/mol. The molecule has 0 heterocycles. The number of benzene rings is 1. The second-order valence-corrected chi connectivity index (χ2v) is 1.87. The van der Waals surface area contributed by atoms with Crippen molar-refractivity contribution in [2.75, 3.05) is 4.90 Å². The van der Waals surface area contributed by atoms with Crippen molar-refractivity contribution in [3.8, 4) is 12.4 Å². The van der Waals surface area contributed by atoms with Crippen LogP contribution in [-0.4, -0.2) is 0 Å². The highest BCUT2D eigenvalue weighted by molar-refractivity contribution is 5.85. The Morgan fingerprint density at radius 2 is 1.50 bits per heavy atom.